The molecule has 8 nitrogen and oxygen atoms in total. The van der Waals surface area contributed by atoms with E-state index in [-0.39, 0.29) is 11.3 Å². The van der Waals surface area contributed by atoms with Crippen molar-refractivity contribution in [3.8, 4) is 11.5 Å². The third-order valence-corrected chi connectivity index (χ3v) is 4.51. The number of nitrogens with one attached hydrogen (secondary N) is 2. The Balaban J connectivity index is 1.45. The molecule has 1 aliphatic rings. The highest BCUT2D eigenvalue weighted by atomic mass is 16.5. The van der Waals surface area contributed by atoms with E-state index < -0.39 is 23.4 Å². The molecule has 2 aromatic carbocycles. The van der Waals surface area contributed by atoms with Crippen LogP contribution in [-0.4, -0.2) is 22.9 Å². The topological polar surface area (TPSA) is 101 Å². The average Bonchev–Trinajstić information content (AvgIpc) is 3.34. The predicted octanol–water partition coefficient (Wildman–Crippen LogP) is 3.18. The highest BCUT2D eigenvalue weighted by molar-refractivity contribution is 6.09. The fraction of sp³-hybridized carbons (Fsp3) is 0.0952. The van der Waals surface area contributed by atoms with E-state index in [2.05, 4.69) is 10.7 Å². The van der Waals surface area contributed by atoms with Gasteiger partial charge in [-0.05, 0) is 55.5 Å². The van der Waals surface area contributed by atoms with Gasteiger partial charge in [-0.3, -0.25) is 15.0 Å². The Morgan fingerprint density at radius 1 is 1.00 bits per heavy atom. The number of amides is 4. The number of carbonyl (C=O) groups excluding carboxylic acids is 3. The fourth-order valence-electron chi connectivity index (χ4n) is 2.94. The molecule has 1 unspecified atom stereocenters. The lowest BCUT2D eigenvalue weighted by Crippen LogP contribution is -2.47. The number of rotatable bonds is 5. The van der Waals surface area contributed by atoms with Gasteiger partial charge in [-0.25, -0.2) is 4.79 Å². The molecule has 0 bridgehead atoms. The van der Waals surface area contributed by atoms with Crippen LogP contribution in [0.15, 0.2) is 77.4 Å². The molecule has 1 aliphatic heterocycles. The fourth-order valence-corrected chi connectivity index (χ4v) is 2.94. The van der Waals surface area contributed by atoms with E-state index in [0.717, 1.165) is 0 Å². The van der Waals surface area contributed by atoms with Crippen LogP contribution >= 0.6 is 0 Å². The van der Waals surface area contributed by atoms with Crippen LogP contribution in [0.2, 0.25) is 0 Å². The number of nitrogens with zero attached hydrogens (tertiary/aromatic N) is 1. The van der Waals surface area contributed by atoms with Crippen molar-refractivity contribution in [3.63, 3.8) is 0 Å². The summed E-state index contributed by atoms with van der Waals surface area (Å²) in [5, 5.41) is 3.19. The molecule has 0 saturated carbocycles. The molecule has 0 radical (unpaired) electrons. The number of urea groups is 1. The second-order valence-electron chi connectivity index (χ2n) is 6.55. The van der Waals surface area contributed by atoms with Crippen molar-refractivity contribution in [2.75, 3.05) is 0 Å². The van der Waals surface area contributed by atoms with E-state index in [0.29, 0.717) is 16.5 Å². The summed E-state index contributed by atoms with van der Waals surface area (Å²) >= 11 is 0. The van der Waals surface area contributed by atoms with Crippen LogP contribution < -0.4 is 15.5 Å². The van der Waals surface area contributed by atoms with Gasteiger partial charge in [0.1, 0.15) is 17.3 Å². The van der Waals surface area contributed by atoms with E-state index in [1.807, 2.05) is 30.3 Å². The van der Waals surface area contributed by atoms with Gasteiger partial charge >= 0.3 is 6.03 Å². The van der Waals surface area contributed by atoms with E-state index in [1.54, 1.807) is 24.3 Å². The van der Waals surface area contributed by atoms with Crippen LogP contribution in [0.1, 0.15) is 23.0 Å². The lowest BCUT2D eigenvalue weighted by atomic mass is 10.00. The first kappa shape index (κ1) is 18.3. The van der Waals surface area contributed by atoms with Crippen molar-refractivity contribution in [1.82, 2.24) is 15.8 Å². The SMILES string of the molecule is CC1(c2ccco2)NC(=O)N(NC(=O)c2ccc(Oc3ccccc3)cc2)C1=O. The van der Waals surface area contributed by atoms with Crippen LogP contribution in [0.25, 0.3) is 0 Å². The van der Waals surface area contributed by atoms with Gasteiger partial charge in [0.15, 0.2) is 5.54 Å². The van der Waals surface area contributed by atoms with E-state index in [1.165, 1.54) is 25.3 Å². The first-order chi connectivity index (χ1) is 14.0. The van der Waals surface area contributed by atoms with E-state index in [9.17, 15) is 14.4 Å². The molecule has 3 aromatic rings. The molecule has 0 spiro atoms. The van der Waals surface area contributed by atoms with Crippen molar-refractivity contribution in [1.29, 1.82) is 0 Å². The molecule has 2 N–H and O–H groups in total. The van der Waals surface area contributed by atoms with Gasteiger partial charge in [0.2, 0.25) is 0 Å². The summed E-state index contributed by atoms with van der Waals surface area (Å²) in [6.45, 7) is 1.51. The number of furan rings is 1. The number of hydrazine groups is 1. The quantitative estimate of drug-likeness (QED) is 0.651. The number of hydrogen-bond donors (Lipinski definition) is 2. The minimum absolute atomic E-state index is 0.262. The summed E-state index contributed by atoms with van der Waals surface area (Å²) in [6, 6.07) is 18.0. The van der Waals surface area contributed by atoms with Gasteiger partial charge in [-0.1, -0.05) is 18.2 Å². The third-order valence-electron chi connectivity index (χ3n) is 4.51. The maximum Gasteiger partial charge on any atom is 0.344 e. The van der Waals surface area contributed by atoms with Gasteiger partial charge in [0.05, 0.1) is 6.26 Å². The van der Waals surface area contributed by atoms with Crippen molar-refractivity contribution in [2.45, 2.75) is 12.5 Å². The number of ether oxygens (including phenoxy) is 1. The smallest absolute Gasteiger partial charge is 0.344 e. The third kappa shape index (κ3) is 3.43. The van der Waals surface area contributed by atoms with Crippen molar-refractivity contribution in [3.05, 3.63) is 84.3 Å². The maximum atomic E-state index is 12.7. The number of carbonyl (C=O) groups is 3. The first-order valence-electron chi connectivity index (χ1n) is 8.82. The molecule has 1 fully saturated rings. The number of para-hydroxylation sites is 1. The molecule has 2 heterocycles. The van der Waals surface area contributed by atoms with Gasteiger partial charge in [0, 0.05) is 5.56 Å². The number of benzene rings is 2. The molecule has 0 aliphatic carbocycles. The summed E-state index contributed by atoms with van der Waals surface area (Å²) in [4.78, 5) is 37.5. The van der Waals surface area contributed by atoms with Crippen LogP contribution in [0, 0.1) is 0 Å². The summed E-state index contributed by atoms with van der Waals surface area (Å²) in [7, 11) is 0. The van der Waals surface area contributed by atoms with E-state index >= 15 is 0 Å². The molecule has 1 aromatic heterocycles. The van der Waals surface area contributed by atoms with Gasteiger partial charge in [-0.15, -0.1) is 0 Å². The van der Waals surface area contributed by atoms with Crippen LogP contribution in [0.4, 0.5) is 4.79 Å². The Hall–Kier alpha value is -4.07. The predicted molar refractivity (Wildman–Crippen MR) is 102 cm³/mol. The molecule has 1 atom stereocenters. The molecule has 29 heavy (non-hydrogen) atoms. The van der Waals surface area contributed by atoms with Crippen LogP contribution in [0.5, 0.6) is 11.5 Å². The zero-order valence-corrected chi connectivity index (χ0v) is 15.4. The summed E-state index contributed by atoms with van der Waals surface area (Å²) in [5.74, 6) is 0.239. The van der Waals surface area contributed by atoms with Gasteiger partial charge in [-0.2, -0.15) is 5.01 Å². The Kier molecular flexibility index (Phi) is 4.52. The van der Waals surface area contributed by atoms with Crippen LogP contribution in [-0.2, 0) is 10.3 Å². The van der Waals surface area contributed by atoms with Crippen molar-refractivity contribution >= 4 is 17.8 Å². The normalized spacial score (nSPS) is 18.4. The van der Waals surface area contributed by atoms with Crippen molar-refractivity contribution in [2.24, 2.45) is 0 Å². The monoisotopic (exact) mass is 391 g/mol. The Morgan fingerprint density at radius 3 is 2.34 bits per heavy atom. The Labute approximate surface area is 166 Å². The highest BCUT2D eigenvalue weighted by Gasteiger charge is 2.52. The molecule has 4 rings (SSSR count). The zero-order valence-electron chi connectivity index (χ0n) is 15.4. The average molecular weight is 391 g/mol. The van der Waals surface area contributed by atoms with Gasteiger partial charge < -0.3 is 14.5 Å². The van der Waals surface area contributed by atoms with Crippen LogP contribution in [0.3, 0.4) is 0 Å². The number of hydrogen-bond acceptors (Lipinski definition) is 5. The minimum Gasteiger partial charge on any atom is -0.466 e. The Bertz CT molecular complexity index is 1050. The standard InChI is InChI=1S/C21H17N3O5/c1-21(17-8-5-13-28-17)19(26)24(20(27)22-21)23-18(25)14-9-11-16(12-10-14)29-15-6-3-2-4-7-15/h2-13H,1H3,(H,22,27)(H,23,25). The zero-order chi connectivity index (χ0) is 20.4. The maximum absolute atomic E-state index is 12.7. The van der Waals surface area contributed by atoms with Gasteiger partial charge in [0.25, 0.3) is 11.8 Å². The molecule has 1 saturated heterocycles. The molecule has 8 heteroatoms. The first-order valence-corrected chi connectivity index (χ1v) is 8.82. The summed E-state index contributed by atoms with van der Waals surface area (Å²) in [5.41, 5.74) is 1.21. The molecule has 4 amide bonds. The second-order valence-corrected chi connectivity index (χ2v) is 6.55. The van der Waals surface area contributed by atoms with E-state index in [4.69, 9.17) is 9.15 Å². The lowest BCUT2D eigenvalue weighted by Gasteiger charge is -2.19. The lowest BCUT2D eigenvalue weighted by molar-refractivity contribution is -0.133. The number of imide groups is 1. The van der Waals surface area contributed by atoms with Crippen molar-refractivity contribution < 1.29 is 23.5 Å². The second kappa shape index (κ2) is 7.16. The Morgan fingerprint density at radius 2 is 1.69 bits per heavy atom. The molecular weight excluding hydrogens is 374 g/mol. The highest BCUT2D eigenvalue weighted by Crippen LogP contribution is 2.28. The molecule has 146 valence electrons. The summed E-state index contributed by atoms with van der Waals surface area (Å²) in [6.07, 6.45) is 1.40. The molecular formula is C21H17N3O5. The largest absolute Gasteiger partial charge is 0.466 e. The summed E-state index contributed by atoms with van der Waals surface area (Å²) < 4.78 is 10.9. The minimum atomic E-state index is -1.39.